The zero-order valence-electron chi connectivity index (χ0n) is 7.38. The Morgan fingerprint density at radius 2 is 2.17 bits per heavy atom. The molecule has 1 aromatic heterocycles. The van der Waals surface area contributed by atoms with Gasteiger partial charge in [-0.2, -0.15) is 0 Å². The van der Waals surface area contributed by atoms with Gasteiger partial charge in [-0.1, -0.05) is 0 Å². The smallest absolute Gasteiger partial charge is 0.254 e. The van der Waals surface area contributed by atoms with Crippen LogP contribution in [-0.2, 0) is 0 Å². The van der Waals surface area contributed by atoms with E-state index in [-0.39, 0.29) is 5.91 Å². The molecule has 0 saturated carbocycles. The summed E-state index contributed by atoms with van der Waals surface area (Å²) < 4.78 is 0. The summed E-state index contributed by atoms with van der Waals surface area (Å²) in [6.45, 7) is 3.58. The van der Waals surface area contributed by atoms with Crippen molar-refractivity contribution in [2.24, 2.45) is 0 Å². The normalized spacial score (nSPS) is 9.58. The van der Waals surface area contributed by atoms with E-state index in [2.05, 4.69) is 15.3 Å². The molecule has 1 aromatic rings. The highest BCUT2D eigenvalue weighted by Gasteiger charge is 2.07. The van der Waals surface area contributed by atoms with Crippen molar-refractivity contribution in [2.75, 3.05) is 7.05 Å². The van der Waals surface area contributed by atoms with Crippen molar-refractivity contribution in [1.82, 2.24) is 15.3 Å². The third-order valence-corrected chi connectivity index (χ3v) is 1.57. The summed E-state index contributed by atoms with van der Waals surface area (Å²) in [7, 11) is 1.58. The van der Waals surface area contributed by atoms with Crippen LogP contribution in [0.1, 0.15) is 21.9 Å². The van der Waals surface area contributed by atoms with Gasteiger partial charge >= 0.3 is 0 Å². The second-order valence-electron chi connectivity index (χ2n) is 2.50. The molecule has 0 radical (unpaired) electrons. The minimum absolute atomic E-state index is 0.146. The van der Waals surface area contributed by atoms with Crippen molar-refractivity contribution in [1.29, 1.82) is 0 Å². The fraction of sp³-hybridized carbons (Fsp3) is 0.375. The highest BCUT2D eigenvalue weighted by Crippen LogP contribution is 2.02. The Balaban J connectivity index is 3.09. The van der Waals surface area contributed by atoms with E-state index in [9.17, 15) is 4.79 Å². The third kappa shape index (κ3) is 1.58. The number of aromatic nitrogens is 2. The zero-order valence-corrected chi connectivity index (χ0v) is 7.38. The zero-order chi connectivity index (χ0) is 9.14. The molecule has 64 valence electrons. The molecule has 4 nitrogen and oxygen atoms in total. The molecule has 0 aromatic carbocycles. The minimum Gasteiger partial charge on any atom is -0.355 e. The van der Waals surface area contributed by atoms with Crippen LogP contribution in [0.15, 0.2) is 6.20 Å². The molecule has 0 atom stereocenters. The van der Waals surface area contributed by atoms with Crippen LogP contribution in [0.4, 0.5) is 0 Å². The van der Waals surface area contributed by atoms with E-state index >= 15 is 0 Å². The highest BCUT2D eigenvalue weighted by atomic mass is 16.1. The second kappa shape index (κ2) is 3.30. The first-order valence-electron chi connectivity index (χ1n) is 3.67. The Hall–Kier alpha value is -1.45. The van der Waals surface area contributed by atoms with Crippen LogP contribution in [-0.4, -0.2) is 22.9 Å². The first kappa shape index (κ1) is 8.64. The SMILES string of the molecule is CNC(=O)c1cnc(C)nc1C. The van der Waals surface area contributed by atoms with E-state index < -0.39 is 0 Å². The van der Waals surface area contributed by atoms with Crippen LogP contribution < -0.4 is 5.32 Å². The van der Waals surface area contributed by atoms with E-state index in [1.165, 1.54) is 6.20 Å². The van der Waals surface area contributed by atoms with Crippen LogP contribution in [0, 0.1) is 13.8 Å². The van der Waals surface area contributed by atoms with Gasteiger partial charge in [-0.05, 0) is 13.8 Å². The first-order chi connectivity index (χ1) is 5.65. The lowest BCUT2D eigenvalue weighted by atomic mass is 10.2. The van der Waals surface area contributed by atoms with E-state index in [1.807, 2.05) is 0 Å². The number of carbonyl (C=O) groups excluding carboxylic acids is 1. The molecule has 0 aliphatic rings. The van der Waals surface area contributed by atoms with Gasteiger partial charge in [0.25, 0.3) is 5.91 Å². The van der Waals surface area contributed by atoms with Gasteiger partial charge in [-0.15, -0.1) is 0 Å². The van der Waals surface area contributed by atoms with E-state index in [0.29, 0.717) is 17.1 Å². The fourth-order valence-electron chi connectivity index (χ4n) is 0.941. The van der Waals surface area contributed by atoms with E-state index in [4.69, 9.17) is 0 Å². The van der Waals surface area contributed by atoms with Crippen molar-refractivity contribution in [3.8, 4) is 0 Å². The molecule has 1 heterocycles. The average molecular weight is 165 g/mol. The number of nitrogens with zero attached hydrogens (tertiary/aromatic N) is 2. The van der Waals surface area contributed by atoms with Gasteiger partial charge in [0.2, 0.25) is 0 Å². The molecule has 4 heteroatoms. The lowest BCUT2D eigenvalue weighted by Gasteiger charge is -2.02. The molecule has 0 aliphatic carbocycles. The second-order valence-corrected chi connectivity index (χ2v) is 2.50. The van der Waals surface area contributed by atoms with Crippen molar-refractivity contribution < 1.29 is 4.79 Å². The molecule has 0 saturated heterocycles. The first-order valence-corrected chi connectivity index (χ1v) is 3.67. The van der Waals surface area contributed by atoms with Crippen LogP contribution in [0.5, 0.6) is 0 Å². The van der Waals surface area contributed by atoms with Gasteiger partial charge in [0.15, 0.2) is 0 Å². The number of aryl methyl sites for hydroxylation is 2. The topological polar surface area (TPSA) is 54.9 Å². The number of nitrogens with one attached hydrogen (secondary N) is 1. The molecule has 12 heavy (non-hydrogen) atoms. The van der Waals surface area contributed by atoms with Crippen LogP contribution in [0.2, 0.25) is 0 Å². The van der Waals surface area contributed by atoms with E-state index in [0.717, 1.165) is 0 Å². The van der Waals surface area contributed by atoms with Gasteiger partial charge in [-0.3, -0.25) is 4.79 Å². The standard InChI is InChI=1S/C8H11N3O/c1-5-7(8(12)9-3)4-10-6(2)11-5/h4H,1-3H3,(H,9,12). The van der Waals surface area contributed by atoms with Gasteiger partial charge in [-0.25, -0.2) is 9.97 Å². The molecule has 1 rings (SSSR count). The Morgan fingerprint density at radius 1 is 1.50 bits per heavy atom. The van der Waals surface area contributed by atoms with E-state index in [1.54, 1.807) is 20.9 Å². The lowest BCUT2D eigenvalue weighted by molar-refractivity contribution is 0.0961. The predicted octanol–water partition coefficient (Wildman–Crippen LogP) is 0.453. The number of carbonyl (C=O) groups is 1. The summed E-state index contributed by atoms with van der Waals surface area (Å²) in [6, 6.07) is 0. The van der Waals surface area contributed by atoms with Crippen LogP contribution >= 0.6 is 0 Å². The third-order valence-electron chi connectivity index (χ3n) is 1.57. The Bertz CT molecular complexity index is 309. The summed E-state index contributed by atoms with van der Waals surface area (Å²) in [6.07, 6.45) is 1.54. The largest absolute Gasteiger partial charge is 0.355 e. The number of hydrogen-bond acceptors (Lipinski definition) is 3. The molecular weight excluding hydrogens is 154 g/mol. The molecule has 0 aliphatic heterocycles. The molecule has 0 spiro atoms. The van der Waals surface area contributed by atoms with Crippen molar-refractivity contribution in [2.45, 2.75) is 13.8 Å². The monoisotopic (exact) mass is 165 g/mol. The van der Waals surface area contributed by atoms with Crippen molar-refractivity contribution >= 4 is 5.91 Å². The maximum absolute atomic E-state index is 11.2. The number of amides is 1. The number of rotatable bonds is 1. The number of hydrogen-bond donors (Lipinski definition) is 1. The maximum Gasteiger partial charge on any atom is 0.254 e. The van der Waals surface area contributed by atoms with Gasteiger partial charge in [0, 0.05) is 13.2 Å². The summed E-state index contributed by atoms with van der Waals surface area (Å²) >= 11 is 0. The fourth-order valence-corrected chi connectivity index (χ4v) is 0.941. The molecule has 1 amide bonds. The summed E-state index contributed by atoms with van der Waals surface area (Å²) in [5.74, 6) is 0.535. The quantitative estimate of drug-likeness (QED) is 0.657. The molecule has 0 fully saturated rings. The Morgan fingerprint density at radius 3 is 2.67 bits per heavy atom. The molecule has 0 bridgehead atoms. The van der Waals surface area contributed by atoms with Crippen molar-refractivity contribution in [3.05, 3.63) is 23.3 Å². The Kier molecular flexibility index (Phi) is 2.38. The predicted molar refractivity (Wildman–Crippen MR) is 44.9 cm³/mol. The maximum atomic E-state index is 11.2. The van der Waals surface area contributed by atoms with Gasteiger partial charge < -0.3 is 5.32 Å². The van der Waals surface area contributed by atoms with Gasteiger partial charge in [0.05, 0.1) is 11.3 Å². The van der Waals surface area contributed by atoms with Crippen LogP contribution in [0.3, 0.4) is 0 Å². The lowest BCUT2D eigenvalue weighted by Crippen LogP contribution is -2.20. The molecular formula is C8H11N3O. The Labute approximate surface area is 71.0 Å². The minimum atomic E-state index is -0.146. The molecule has 0 unspecified atom stereocenters. The van der Waals surface area contributed by atoms with Crippen molar-refractivity contribution in [3.63, 3.8) is 0 Å². The highest BCUT2D eigenvalue weighted by molar-refractivity contribution is 5.94. The summed E-state index contributed by atoms with van der Waals surface area (Å²) in [5, 5.41) is 2.52. The van der Waals surface area contributed by atoms with Crippen LogP contribution in [0.25, 0.3) is 0 Å². The summed E-state index contributed by atoms with van der Waals surface area (Å²) in [5.41, 5.74) is 1.24. The average Bonchev–Trinajstić information content (AvgIpc) is 2.03. The van der Waals surface area contributed by atoms with Gasteiger partial charge in [0.1, 0.15) is 5.82 Å². The summed E-state index contributed by atoms with van der Waals surface area (Å²) in [4.78, 5) is 19.2. The molecule has 1 N–H and O–H groups in total.